The van der Waals surface area contributed by atoms with Crippen molar-refractivity contribution in [3.05, 3.63) is 45.9 Å². The quantitative estimate of drug-likeness (QED) is 0.545. The van der Waals surface area contributed by atoms with Crippen LogP contribution in [0.1, 0.15) is 19.3 Å². The fourth-order valence-corrected chi connectivity index (χ4v) is 4.25. The Morgan fingerprint density at radius 1 is 1.45 bits per heavy atom. The van der Waals surface area contributed by atoms with Gasteiger partial charge in [0.1, 0.15) is 17.8 Å². The molecule has 4 rings (SSSR count). The second-order valence-electron chi connectivity index (χ2n) is 7.62. The van der Waals surface area contributed by atoms with E-state index >= 15 is 0 Å². The fourth-order valence-electron chi connectivity index (χ4n) is 4.07. The Balaban J connectivity index is 1.39. The first kappa shape index (κ1) is 19.8. The summed E-state index contributed by atoms with van der Waals surface area (Å²) in [5, 5.41) is 22.0. The van der Waals surface area contributed by atoms with Crippen molar-refractivity contribution in [1.29, 1.82) is 5.26 Å². The van der Waals surface area contributed by atoms with Crippen molar-refractivity contribution in [3.8, 4) is 6.07 Å². The van der Waals surface area contributed by atoms with Gasteiger partial charge in [0.05, 0.1) is 17.6 Å². The molecule has 0 amide bonds. The summed E-state index contributed by atoms with van der Waals surface area (Å²) in [5.41, 5.74) is 1.83. The van der Waals surface area contributed by atoms with Gasteiger partial charge in [-0.2, -0.15) is 5.26 Å². The number of hydrogen-bond acceptors (Lipinski definition) is 7. The highest BCUT2D eigenvalue weighted by Gasteiger charge is 2.28. The molecule has 4 aliphatic rings. The van der Waals surface area contributed by atoms with Gasteiger partial charge in [-0.25, -0.2) is 4.39 Å². The monoisotopic (exact) mass is 417 g/mol. The number of nitrogens with zero attached hydrogens (tertiary/aromatic N) is 3. The van der Waals surface area contributed by atoms with E-state index in [-0.39, 0.29) is 18.5 Å². The van der Waals surface area contributed by atoms with Gasteiger partial charge in [-0.15, -0.1) is 0 Å². The van der Waals surface area contributed by atoms with Crippen LogP contribution < -0.4 is 21.3 Å². The van der Waals surface area contributed by atoms with Gasteiger partial charge in [0.15, 0.2) is 5.83 Å². The molecule has 29 heavy (non-hydrogen) atoms. The maximum atomic E-state index is 14.4. The number of nitriles is 1. The van der Waals surface area contributed by atoms with Crippen molar-refractivity contribution in [2.45, 2.75) is 25.4 Å². The standard InChI is InChI=1S/C20H25ClFN7/c21-14-7-15-16(10-26-18(15)25-9-14)19-27-11-17(22)20(28-19)24-8-13-3-1-5-29(12-13)6-2-4-23/h7,9-10,13,18,24-25,27-28H,1-3,5-6,8,11-12H2/t13-,18?/m0/s1. The van der Waals surface area contributed by atoms with Crippen LogP contribution in [0.15, 0.2) is 50.9 Å². The van der Waals surface area contributed by atoms with Crippen LogP contribution >= 0.6 is 11.6 Å². The van der Waals surface area contributed by atoms with E-state index in [1.165, 1.54) is 0 Å². The van der Waals surface area contributed by atoms with Gasteiger partial charge in [0.25, 0.3) is 0 Å². The molecule has 1 unspecified atom stereocenters. The largest absolute Gasteiger partial charge is 0.369 e. The lowest BCUT2D eigenvalue weighted by Gasteiger charge is -2.33. The molecule has 0 aromatic heterocycles. The van der Waals surface area contributed by atoms with E-state index in [4.69, 9.17) is 16.9 Å². The zero-order chi connectivity index (χ0) is 20.2. The van der Waals surface area contributed by atoms with Gasteiger partial charge in [0, 0.05) is 49.6 Å². The summed E-state index contributed by atoms with van der Waals surface area (Å²) in [6.07, 6.45) is 7.98. The fraction of sp³-hybridized carbons (Fsp3) is 0.500. The van der Waals surface area contributed by atoms with Gasteiger partial charge in [-0.3, -0.25) is 4.99 Å². The smallest absolute Gasteiger partial charge is 0.159 e. The Bertz CT molecular complexity index is 851. The highest BCUT2D eigenvalue weighted by molar-refractivity contribution is 6.31. The molecule has 4 N–H and O–H groups in total. The Kier molecular flexibility index (Phi) is 6.07. The van der Waals surface area contributed by atoms with Crippen LogP contribution in [-0.4, -0.2) is 50.0 Å². The number of rotatable bonds is 5. The summed E-state index contributed by atoms with van der Waals surface area (Å²) < 4.78 is 14.4. The van der Waals surface area contributed by atoms with Crippen LogP contribution in [0.2, 0.25) is 0 Å². The van der Waals surface area contributed by atoms with Gasteiger partial charge in [-0.05, 0) is 31.4 Å². The number of allylic oxidation sites excluding steroid dienone is 2. The first-order valence-corrected chi connectivity index (χ1v) is 10.4. The molecule has 7 nitrogen and oxygen atoms in total. The van der Waals surface area contributed by atoms with Crippen molar-refractivity contribution < 1.29 is 4.39 Å². The molecule has 1 fully saturated rings. The zero-order valence-electron chi connectivity index (χ0n) is 16.1. The average Bonchev–Trinajstić information content (AvgIpc) is 3.15. The Morgan fingerprint density at radius 2 is 2.34 bits per heavy atom. The number of likely N-dealkylation sites (tertiary alicyclic amines) is 1. The van der Waals surface area contributed by atoms with E-state index in [1.807, 2.05) is 6.08 Å². The summed E-state index contributed by atoms with van der Waals surface area (Å²) >= 11 is 6.12. The molecule has 0 aromatic carbocycles. The van der Waals surface area contributed by atoms with E-state index in [0.29, 0.717) is 29.7 Å². The van der Waals surface area contributed by atoms with Crippen LogP contribution in [-0.2, 0) is 0 Å². The number of hydrogen-bond donors (Lipinski definition) is 4. The number of halogens is 2. The molecule has 1 saturated heterocycles. The van der Waals surface area contributed by atoms with Gasteiger partial charge in [-0.1, -0.05) is 11.6 Å². The molecule has 0 bridgehead atoms. The van der Waals surface area contributed by atoms with E-state index in [2.05, 4.69) is 37.2 Å². The summed E-state index contributed by atoms with van der Waals surface area (Å²) in [4.78, 5) is 6.76. The lowest BCUT2D eigenvalue weighted by Crippen LogP contribution is -2.44. The van der Waals surface area contributed by atoms with Crippen molar-refractivity contribution in [2.75, 3.05) is 32.7 Å². The molecule has 0 saturated carbocycles. The zero-order valence-corrected chi connectivity index (χ0v) is 16.9. The summed E-state index contributed by atoms with van der Waals surface area (Å²) in [6, 6.07) is 2.21. The van der Waals surface area contributed by atoms with E-state index in [1.54, 1.807) is 12.4 Å². The number of fused-ring (bicyclic) bond motifs is 1. The number of piperidine rings is 1. The third kappa shape index (κ3) is 4.57. The highest BCUT2D eigenvalue weighted by Crippen LogP contribution is 2.28. The SMILES string of the molecule is N#CCCN1CCC[C@@H](CNC2=C(F)CNC(=C3C=NC4NC=C(Cl)C=C34)N2)C1. The Morgan fingerprint density at radius 3 is 3.21 bits per heavy atom. The molecule has 2 atom stereocenters. The molecule has 4 heterocycles. The van der Waals surface area contributed by atoms with Crippen LogP contribution in [0.4, 0.5) is 4.39 Å². The molecule has 9 heteroatoms. The van der Waals surface area contributed by atoms with E-state index in [0.717, 1.165) is 49.4 Å². The Labute approximate surface area is 175 Å². The van der Waals surface area contributed by atoms with Crippen LogP contribution in [0.5, 0.6) is 0 Å². The maximum Gasteiger partial charge on any atom is 0.159 e. The minimum absolute atomic E-state index is 0.121. The van der Waals surface area contributed by atoms with Crippen LogP contribution in [0.3, 0.4) is 0 Å². The third-order valence-corrected chi connectivity index (χ3v) is 5.77. The topological polar surface area (TPSA) is 87.5 Å². The summed E-state index contributed by atoms with van der Waals surface area (Å²) in [7, 11) is 0. The minimum Gasteiger partial charge on any atom is -0.369 e. The van der Waals surface area contributed by atoms with E-state index in [9.17, 15) is 4.39 Å². The molecular formula is C20H25ClFN7. The highest BCUT2D eigenvalue weighted by atomic mass is 35.5. The summed E-state index contributed by atoms with van der Waals surface area (Å²) in [6.45, 7) is 3.60. The van der Waals surface area contributed by atoms with Crippen molar-refractivity contribution >= 4 is 17.8 Å². The van der Waals surface area contributed by atoms with Crippen LogP contribution in [0, 0.1) is 17.2 Å². The molecule has 0 aromatic rings. The molecule has 0 aliphatic carbocycles. The molecule has 4 aliphatic heterocycles. The lowest BCUT2D eigenvalue weighted by molar-refractivity contribution is 0.177. The predicted octanol–water partition coefficient (Wildman–Crippen LogP) is 1.76. The van der Waals surface area contributed by atoms with E-state index < -0.39 is 0 Å². The summed E-state index contributed by atoms with van der Waals surface area (Å²) in [5.74, 6) is 1.32. The van der Waals surface area contributed by atoms with Crippen molar-refractivity contribution in [1.82, 2.24) is 26.2 Å². The van der Waals surface area contributed by atoms with Crippen LogP contribution in [0.25, 0.3) is 0 Å². The third-order valence-electron chi connectivity index (χ3n) is 5.55. The maximum absolute atomic E-state index is 14.4. The second kappa shape index (κ2) is 8.89. The first-order valence-electron chi connectivity index (χ1n) is 9.98. The molecule has 0 spiro atoms. The number of dihydropyridines is 1. The Hall–Kier alpha value is -2.50. The second-order valence-corrected chi connectivity index (χ2v) is 8.06. The van der Waals surface area contributed by atoms with Crippen molar-refractivity contribution in [3.63, 3.8) is 0 Å². The first-order chi connectivity index (χ1) is 14.1. The van der Waals surface area contributed by atoms with Gasteiger partial charge < -0.3 is 26.2 Å². The molecular weight excluding hydrogens is 393 g/mol. The predicted molar refractivity (Wildman–Crippen MR) is 111 cm³/mol. The van der Waals surface area contributed by atoms with Gasteiger partial charge >= 0.3 is 0 Å². The normalized spacial score (nSPS) is 29.1. The number of nitrogens with one attached hydrogen (secondary N) is 4. The van der Waals surface area contributed by atoms with Crippen molar-refractivity contribution in [2.24, 2.45) is 10.9 Å². The minimum atomic E-state index is -0.244. The molecule has 154 valence electrons. The average molecular weight is 418 g/mol. The lowest BCUT2D eigenvalue weighted by atomic mass is 9.98. The number of aliphatic imine (C=N–C) groups is 1. The molecule has 0 radical (unpaired) electrons. The van der Waals surface area contributed by atoms with Gasteiger partial charge in [0.2, 0.25) is 0 Å².